The van der Waals surface area contributed by atoms with Gasteiger partial charge in [0.2, 0.25) is 0 Å². The molecule has 22 heavy (non-hydrogen) atoms. The minimum Gasteiger partial charge on any atom is -0.497 e. The fourth-order valence-electron chi connectivity index (χ4n) is 3.01. The molecule has 0 fully saturated rings. The summed E-state index contributed by atoms with van der Waals surface area (Å²) < 4.78 is 5.26. The van der Waals surface area contributed by atoms with Crippen molar-refractivity contribution < 1.29 is 4.74 Å². The van der Waals surface area contributed by atoms with Gasteiger partial charge in [-0.3, -0.25) is 4.90 Å². The Balaban J connectivity index is 2.17. The van der Waals surface area contributed by atoms with Crippen LogP contribution in [0.2, 0.25) is 0 Å². The van der Waals surface area contributed by atoms with E-state index in [9.17, 15) is 0 Å². The van der Waals surface area contributed by atoms with Gasteiger partial charge in [-0.25, -0.2) is 0 Å². The maximum Gasteiger partial charge on any atom is 0.118 e. The van der Waals surface area contributed by atoms with E-state index in [4.69, 9.17) is 4.74 Å². The summed E-state index contributed by atoms with van der Waals surface area (Å²) in [6.07, 6.45) is 4.61. The van der Waals surface area contributed by atoms with E-state index in [2.05, 4.69) is 62.9 Å². The van der Waals surface area contributed by atoms with Gasteiger partial charge in [-0.15, -0.1) is 0 Å². The quantitative estimate of drug-likeness (QED) is 0.736. The van der Waals surface area contributed by atoms with E-state index in [-0.39, 0.29) is 0 Å². The van der Waals surface area contributed by atoms with Crippen molar-refractivity contribution in [3.05, 3.63) is 52.6 Å². The molecule has 1 aromatic rings. The van der Waals surface area contributed by atoms with Crippen LogP contribution in [0.4, 0.5) is 0 Å². The van der Waals surface area contributed by atoms with Crippen molar-refractivity contribution in [2.45, 2.75) is 46.6 Å². The van der Waals surface area contributed by atoms with Crippen LogP contribution in [0.15, 0.2) is 47.1 Å². The topological polar surface area (TPSA) is 12.5 Å². The van der Waals surface area contributed by atoms with Gasteiger partial charge < -0.3 is 4.74 Å². The predicted octanol–water partition coefficient (Wildman–Crippen LogP) is 4.61. The van der Waals surface area contributed by atoms with E-state index in [1.54, 1.807) is 18.3 Å². The molecule has 0 N–H and O–H groups in total. The molecule has 0 aromatic heterocycles. The first-order chi connectivity index (χ1) is 10.5. The molecule has 1 aliphatic heterocycles. The number of methoxy groups -OCH3 is 1. The number of hydrogen-bond acceptors (Lipinski definition) is 2. The summed E-state index contributed by atoms with van der Waals surface area (Å²) in [4.78, 5) is 2.61. The molecule has 1 aromatic carbocycles. The van der Waals surface area contributed by atoms with Crippen LogP contribution in [0.3, 0.4) is 0 Å². The summed E-state index contributed by atoms with van der Waals surface area (Å²) >= 11 is 0. The highest BCUT2D eigenvalue weighted by molar-refractivity contribution is 5.30. The van der Waals surface area contributed by atoms with Crippen LogP contribution in [0.1, 0.15) is 39.7 Å². The Kier molecular flexibility index (Phi) is 5.84. The summed E-state index contributed by atoms with van der Waals surface area (Å²) in [6, 6.07) is 9.01. The molecule has 0 bridgehead atoms. The predicted molar refractivity (Wildman–Crippen MR) is 94.5 cm³/mol. The lowest BCUT2D eigenvalue weighted by molar-refractivity contribution is 0.229. The fraction of sp³-hybridized carbons (Fsp3) is 0.500. The molecular weight excluding hydrogens is 270 g/mol. The molecule has 0 saturated carbocycles. The van der Waals surface area contributed by atoms with E-state index < -0.39 is 0 Å². The van der Waals surface area contributed by atoms with Crippen LogP contribution in [0.25, 0.3) is 0 Å². The van der Waals surface area contributed by atoms with Crippen molar-refractivity contribution in [1.29, 1.82) is 0 Å². The molecule has 0 radical (unpaired) electrons. The fourth-order valence-corrected chi connectivity index (χ4v) is 3.01. The minimum atomic E-state index is 0.512. The molecule has 1 heterocycles. The molecular formula is C20H29NO. The minimum absolute atomic E-state index is 0.512. The summed E-state index contributed by atoms with van der Waals surface area (Å²) in [5.41, 5.74) is 5.88. The Bertz CT molecular complexity index is 550. The second-order valence-corrected chi connectivity index (χ2v) is 6.56. The average Bonchev–Trinajstić information content (AvgIpc) is 2.51. The third-order valence-corrected chi connectivity index (χ3v) is 4.71. The molecule has 1 aliphatic rings. The zero-order valence-electron chi connectivity index (χ0n) is 14.6. The van der Waals surface area contributed by atoms with Gasteiger partial charge in [-0.1, -0.05) is 34.9 Å². The molecule has 0 amide bonds. The van der Waals surface area contributed by atoms with Crippen LogP contribution in [0, 0.1) is 0 Å². The summed E-state index contributed by atoms with van der Waals surface area (Å²) in [5, 5.41) is 0. The molecule has 1 unspecified atom stereocenters. The maximum atomic E-state index is 5.26. The van der Waals surface area contributed by atoms with Crippen LogP contribution >= 0.6 is 0 Å². The first-order valence-electron chi connectivity index (χ1n) is 8.18. The molecule has 120 valence electrons. The van der Waals surface area contributed by atoms with Gasteiger partial charge in [0.25, 0.3) is 0 Å². The Morgan fingerprint density at radius 2 is 1.91 bits per heavy atom. The Morgan fingerprint density at radius 1 is 1.23 bits per heavy atom. The molecule has 2 rings (SSSR count). The molecule has 0 aliphatic carbocycles. The van der Waals surface area contributed by atoms with Crippen molar-refractivity contribution in [3.8, 4) is 5.75 Å². The standard InChI is InChI=1S/C20H29NO/c1-15(2)10-12-21-13-11-16(3)17(4)20(21)14-18-6-8-19(22-5)9-7-18/h6-10,20H,11-14H2,1-5H3. The van der Waals surface area contributed by atoms with E-state index >= 15 is 0 Å². The van der Waals surface area contributed by atoms with Crippen molar-refractivity contribution in [1.82, 2.24) is 4.90 Å². The molecule has 0 spiro atoms. The third kappa shape index (κ3) is 4.23. The van der Waals surface area contributed by atoms with E-state index in [1.807, 2.05) is 0 Å². The highest BCUT2D eigenvalue weighted by Gasteiger charge is 2.25. The first-order valence-corrected chi connectivity index (χ1v) is 8.18. The number of allylic oxidation sites excluding steroid dienone is 1. The number of ether oxygens (including phenoxy) is 1. The third-order valence-electron chi connectivity index (χ3n) is 4.71. The Morgan fingerprint density at radius 3 is 2.50 bits per heavy atom. The monoisotopic (exact) mass is 299 g/mol. The molecule has 0 saturated heterocycles. The Labute approximate surface area is 135 Å². The van der Waals surface area contributed by atoms with Gasteiger partial charge in [-0.2, -0.15) is 0 Å². The van der Waals surface area contributed by atoms with E-state index in [0.29, 0.717) is 6.04 Å². The maximum absolute atomic E-state index is 5.26. The molecule has 2 heteroatoms. The first kappa shape index (κ1) is 16.8. The number of benzene rings is 1. The Hall–Kier alpha value is -1.54. The van der Waals surface area contributed by atoms with Gasteiger partial charge >= 0.3 is 0 Å². The second-order valence-electron chi connectivity index (χ2n) is 6.56. The lowest BCUT2D eigenvalue weighted by atomic mass is 9.90. The van der Waals surface area contributed by atoms with Gasteiger partial charge in [-0.05, 0) is 58.2 Å². The van der Waals surface area contributed by atoms with E-state index in [1.165, 1.54) is 17.6 Å². The number of hydrogen-bond donors (Lipinski definition) is 0. The van der Waals surface area contributed by atoms with Crippen LogP contribution in [0.5, 0.6) is 5.75 Å². The highest BCUT2D eigenvalue weighted by Crippen LogP contribution is 2.27. The lowest BCUT2D eigenvalue weighted by Crippen LogP contribution is -2.42. The van der Waals surface area contributed by atoms with Crippen molar-refractivity contribution >= 4 is 0 Å². The summed E-state index contributed by atoms with van der Waals surface area (Å²) in [7, 11) is 1.72. The molecule has 2 nitrogen and oxygen atoms in total. The van der Waals surface area contributed by atoms with Gasteiger partial charge in [0, 0.05) is 19.1 Å². The van der Waals surface area contributed by atoms with Crippen LogP contribution in [-0.2, 0) is 6.42 Å². The van der Waals surface area contributed by atoms with Crippen molar-refractivity contribution in [2.75, 3.05) is 20.2 Å². The summed E-state index contributed by atoms with van der Waals surface area (Å²) in [6.45, 7) is 11.2. The van der Waals surface area contributed by atoms with Crippen LogP contribution < -0.4 is 4.74 Å². The molecule has 1 atom stereocenters. The van der Waals surface area contributed by atoms with Gasteiger partial charge in [0.1, 0.15) is 5.75 Å². The van der Waals surface area contributed by atoms with Crippen LogP contribution in [-0.4, -0.2) is 31.1 Å². The highest BCUT2D eigenvalue weighted by atomic mass is 16.5. The SMILES string of the molecule is COc1ccc(CC2C(C)=C(C)CCN2CC=C(C)C)cc1. The lowest BCUT2D eigenvalue weighted by Gasteiger charge is -2.37. The second kappa shape index (κ2) is 7.64. The normalized spacial score (nSPS) is 19.2. The van der Waals surface area contributed by atoms with Crippen molar-refractivity contribution in [2.24, 2.45) is 0 Å². The van der Waals surface area contributed by atoms with Gasteiger partial charge in [0.05, 0.1) is 7.11 Å². The van der Waals surface area contributed by atoms with Crippen molar-refractivity contribution in [3.63, 3.8) is 0 Å². The summed E-state index contributed by atoms with van der Waals surface area (Å²) in [5.74, 6) is 0.928. The number of nitrogens with zero attached hydrogens (tertiary/aromatic N) is 1. The zero-order valence-corrected chi connectivity index (χ0v) is 14.6. The van der Waals surface area contributed by atoms with E-state index in [0.717, 1.165) is 25.3 Å². The zero-order chi connectivity index (χ0) is 16.1. The van der Waals surface area contributed by atoms with Gasteiger partial charge in [0.15, 0.2) is 0 Å². The average molecular weight is 299 g/mol. The largest absolute Gasteiger partial charge is 0.497 e. The smallest absolute Gasteiger partial charge is 0.118 e. The number of rotatable bonds is 5.